The summed E-state index contributed by atoms with van der Waals surface area (Å²) in [5.41, 5.74) is 1.20. The molecule has 0 N–H and O–H groups in total. The second kappa shape index (κ2) is 5.76. The molecule has 0 heterocycles. The maximum absolute atomic E-state index is 10.9. The molecule has 0 aliphatic rings. The molecule has 0 spiro atoms. The highest BCUT2D eigenvalue weighted by atomic mass is 16.3. The standard InChI is InChI=1S/C12H17O/c1-2-3-7-12(10-13)11-8-5-4-6-9-11/h4-6,8-9,12H,2-3,7,10H2,1H3. The molecule has 71 valence electrons. The average Bonchev–Trinajstić information content (AvgIpc) is 2.21. The van der Waals surface area contributed by atoms with Crippen LogP contribution in [0.3, 0.4) is 0 Å². The van der Waals surface area contributed by atoms with E-state index in [1.807, 2.05) is 18.2 Å². The largest absolute Gasteiger partial charge is 0.236 e. The van der Waals surface area contributed by atoms with Crippen molar-refractivity contribution in [3.8, 4) is 0 Å². The van der Waals surface area contributed by atoms with Crippen molar-refractivity contribution in [2.45, 2.75) is 32.1 Å². The third-order valence-corrected chi connectivity index (χ3v) is 2.38. The van der Waals surface area contributed by atoms with E-state index in [1.165, 1.54) is 12.0 Å². The maximum atomic E-state index is 10.9. The van der Waals surface area contributed by atoms with Gasteiger partial charge in [0.15, 0.2) is 0 Å². The Morgan fingerprint density at radius 2 is 1.92 bits per heavy atom. The molecule has 1 aromatic rings. The third-order valence-electron chi connectivity index (χ3n) is 2.38. The molecular weight excluding hydrogens is 160 g/mol. The second-order valence-corrected chi connectivity index (χ2v) is 3.42. The lowest BCUT2D eigenvalue weighted by molar-refractivity contribution is 0.167. The van der Waals surface area contributed by atoms with E-state index in [1.54, 1.807) is 0 Å². The average molecular weight is 177 g/mol. The summed E-state index contributed by atoms with van der Waals surface area (Å²) < 4.78 is 0. The zero-order valence-electron chi connectivity index (χ0n) is 8.20. The number of rotatable bonds is 5. The molecule has 0 aliphatic heterocycles. The fraction of sp³-hybridized carbons (Fsp3) is 0.500. The lowest BCUT2D eigenvalue weighted by Gasteiger charge is -2.12. The Bertz CT molecular complexity index is 218. The van der Waals surface area contributed by atoms with Gasteiger partial charge < -0.3 is 0 Å². The van der Waals surface area contributed by atoms with Crippen LogP contribution in [0, 0.1) is 0 Å². The zero-order valence-corrected chi connectivity index (χ0v) is 8.20. The van der Waals surface area contributed by atoms with Crippen LogP contribution in [0.25, 0.3) is 0 Å². The summed E-state index contributed by atoms with van der Waals surface area (Å²) in [6.45, 7) is 2.18. The molecule has 0 aliphatic carbocycles. The molecule has 1 atom stereocenters. The SMILES string of the molecule is CCCCC(C[O])c1ccccc1. The van der Waals surface area contributed by atoms with E-state index in [0.717, 1.165) is 12.8 Å². The quantitative estimate of drug-likeness (QED) is 0.657. The fourth-order valence-electron chi connectivity index (χ4n) is 1.52. The Morgan fingerprint density at radius 1 is 1.23 bits per heavy atom. The lowest BCUT2D eigenvalue weighted by atomic mass is 9.95. The number of unbranched alkanes of at least 4 members (excludes halogenated alkanes) is 1. The molecular formula is C12H17O. The Kier molecular flexibility index (Phi) is 4.55. The van der Waals surface area contributed by atoms with Gasteiger partial charge in [-0.05, 0) is 12.0 Å². The number of hydrogen-bond donors (Lipinski definition) is 0. The highest BCUT2D eigenvalue weighted by molar-refractivity contribution is 5.19. The van der Waals surface area contributed by atoms with Gasteiger partial charge in [0, 0.05) is 5.92 Å². The van der Waals surface area contributed by atoms with Gasteiger partial charge in [-0.2, -0.15) is 0 Å². The molecule has 1 heteroatoms. The third kappa shape index (κ3) is 3.19. The van der Waals surface area contributed by atoms with E-state index in [4.69, 9.17) is 0 Å². The molecule has 13 heavy (non-hydrogen) atoms. The molecule has 0 fully saturated rings. The van der Waals surface area contributed by atoms with Crippen LogP contribution >= 0.6 is 0 Å². The fourth-order valence-corrected chi connectivity index (χ4v) is 1.52. The Morgan fingerprint density at radius 3 is 2.46 bits per heavy atom. The van der Waals surface area contributed by atoms with Gasteiger partial charge in [-0.3, -0.25) is 0 Å². The van der Waals surface area contributed by atoms with E-state index in [2.05, 4.69) is 19.1 Å². The van der Waals surface area contributed by atoms with E-state index in [9.17, 15) is 5.11 Å². The summed E-state index contributed by atoms with van der Waals surface area (Å²) in [5, 5.41) is 10.9. The predicted octanol–water partition coefficient (Wildman–Crippen LogP) is 3.39. The first-order valence-electron chi connectivity index (χ1n) is 5.01. The monoisotopic (exact) mass is 177 g/mol. The number of benzene rings is 1. The molecule has 0 saturated heterocycles. The van der Waals surface area contributed by atoms with Crippen LogP contribution in [0.15, 0.2) is 30.3 Å². The van der Waals surface area contributed by atoms with Crippen LogP contribution in [0.2, 0.25) is 0 Å². The predicted molar refractivity (Wildman–Crippen MR) is 54.3 cm³/mol. The molecule has 0 bridgehead atoms. The Balaban J connectivity index is 2.56. The van der Waals surface area contributed by atoms with E-state index in [0.29, 0.717) is 0 Å². The van der Waals surface area contributed by atoms with Crippen LogP contribution in [-0.4, -0.2) is 6.61 Å². The molecule has 0 amide bonds. The van der Waals surface area contributed by atoms with E-state index < -0.39 is 0 Å². The van der Waals surface area contributed by atoms with Gasteiger partial charge in [0.05, 0.1) is 6.61 Å². The molecule has 1 rings (SSSR count). The van der Waals surface area contributed by atoms with Crippen molar-refractivity contribution in [3.05, 3.63) is 35.9 Å². The van der Waals surface area contributed by atoms with Gasteiger partial charge in [-0.25, -0.2) is 5.11 Å². The van der Waals surface area contributed by atoms with Crippen LogP contribution in [-0.2, 0) is 5.11 Å². The van der Waals surface area contributed by atoms with E-state index >= 15 is 0 Å². The molecule has 1 unspecified atom stereocenters. The van der Waals surface area contributed by atoms with Crippen molar-refractivity contribution in [2.24, 2.45) is 0 Å². The summed E-state index contributed by atoms with van der Waals surface area (Å²) in [7, 11) is 0. The van der Waals surface area contributed by atoms with Gasteiger partial charge in [-0.1, -0.05) is 50.1 Å². The van der Waals surface area contributed by atoms with Gasteiger partial charge in [0.2, 0.25) is 0 Å². The molecule has 1 radical (unpaired) electrons. The minimum atomic E-state index is 0.0179. The summed E-state index contributed by atoms with van der Waals surface area (Å²) >= 11 is 0. The molecule has 1 nitrogen and oxygen atoms in total. The lowest BCUT2D eigenvalue weighted by Crippen LogP contribution is -2.02. The van der Waals surface area contributed by atoms with Crippen LogP contribution in [0.4, 0.5) is 0 Å². The van der Waals surface area contributed by atoms with Crippen molar-refractivity contribution in [1.29, 1.82) is 0 Å². The normalized spacial score (nSPS) is 12.8. The highest BCUT2D eigenvalue weighted by Gasteiger charge is 2.09. The minimum absolute atomic E-state index is 0.0179. The van der Waals surface area contributed by atoms with Crippen LogP contribution in [0.5, 0.6) is 0 Å². The maximum Gasteiger partial charge on any atom is 0.0890 e. The Hall–Kier alpha value is -0.820. The van der Waals surface area contributed by atoms with Crippen LogP contribution in [0.1, 0.15) is 37.7 Å². The summed E-state index contributed by atoms with van der Waals surface area (Å²) in [6, 6.07) is 10.1. The van der Waals surface area contributed by atoms with Crippen molar-refractivity contribution >= 4 is 0 Å². The molecule has 0 aromatic heterocycles. The summed E-state index contributed by atoms with van der Waals surface area (Å²) in [5.74, 6) is 0.223. The second-order valence-electron chi connectivity index (χ2n) is 3.42. The summed E-state index contributed by atoms with van der Waals surface area (Å²) in [6.07, 6.45) is 3.36. The first-order valence-corrected chi connectivity index (χ1v) is 5.01. The first kappa shape index (κ1) is 10.3. The molecule has 0 saturated carbocycles. The zero-order chi connectivity index (χ0) is 9.52. The summed E-state index contributed by atoms with van der Waals surface area (Å²) in [4.78, 5) is 0. The highest BCUT2D eigenvalue weighted by Crippen LogP contribution is 2.20. The van der Waals surface area contributed by atoms with Crippen molar-refractivity contribution in [3.63, 3.8) is 0 Å². The smallest absolute Gasteiger partial charge is 0.0890 e. The molecule has 1 aromatic carbocycles. The van der Waals surface area contributed by atoms with E-state index in [-0.39, 0.29) is 12.5 Å². The topological polar surface area (TPSA) is 19.9 Å². The van der Waals surface area contributed by atoms with Crippen molar-refractivity contribution in [2.75, 3.05) is 6.61 Å². The van der Waals surface area contributed by atoms with Gasteiger partial charge >= 0.3 is 0 Å². The van der Waals surface area contributed by atoms with Gasteiger partial charge in [-0.15, -0.1) is 0 Å². The Labute approximate surface area is 80.4 Å². The van der Waals surface area contributed by atoms with Gasteiger partial charge in [0.1, 0.15) is 0 Å². The van der Waals surface area contributed by atoms with Crippen molar-refractivity contribution < 1.29 is 5.11 Å². The van der Waals surface area contributed by atoms with Gasteiger partial charge in [0.25, 0.3) is 0 Å². The minimum Gasteiger partial charge on any atom is -0.236 e. The van der Waals surface area contributed by atoms with Crippen LogP contribution < -0.4 is 0 Å². The number of hydrogen-bond acceptors (Lipinski definition) is 0. The first-order chi connectivity index (χ1) is 6.38. The van der Waals surface area contributed by atoms with Crippen molar-refractivity contribution in [1.82, 2.24) is 0 Å².